The highest BCUT2D eigenvalue weighted by atomic mass is 32.1. The van der Waals surface area contributed by atoms with Crippen molar-refractivity contribution in [2.24, 2.45) is 0 Å². The van der Waals surface area contributed by atoms with Crippen molar-refractivity contribution in [3.8, 4) is 0 Å². The molecule has 2 aromatic carbocycles. The quantitative estimate of drug-likeness (QED) is 0.573. The van der Waals surface area contributed by atoms with Gasteiger partial charge in [-0.15, -0.1) is 12.6 Å². The van der Waals surface area contributed by atoms with Crippen LogP contribution in [-0.2, 0) is 0 Å². The number of aromatic nitrogens is 1. The van der Waals surface area contributed by atoms with E-state index in [0.717, 1.165) is 5.52 Å². The van der Waals surface area contributed by atoms with E-state index in [9.17, 15) is 4.79 Å². The first-order chi connectivity index (χ1) is 9.74. The molecule has 0 saturated heterocycles. The van der Waals surface area contributed by atoms with E-state index < -0.39 is 5.37 Å². The van der Waals surface area contributed by atoms with Crippen molar-refractivity contribution in [2.75, 3.05) is 0 Å². The van der Waals surface area contributed by atoms with Gasteiger partial charge in [0.1, 0.15) is 10.9 Å². The molecular formula is C15H12N2O2S. The number of fused-ring (bicyclic) bond motifs is 1. The molecule has 4 nitrogen and oxygen atoms in total. The first kappa shape index (κ1) is 12.7. The van der Waals surface area contributed by atoms with E-state index in [-0.39, 0.29) is 5.91 Å². The second kappa shape index (κ2) is 5.38. The minimum Gasteiger partial charge on any atom is -0.437 e. The van der Waals surface area contributed by atoms with E-state index in [0.29, 0.717) is 17.0 Å². The lowest BCUT2D eigenvalue weighted by atomic mass is 10.2. The summed E-state index contributed by atoms with van der Waals surface area (Å²) in [6.07, 6.45) is 0. The van der Waals surface area contributed by atoms with Crippen LogP contribution in [0.5, 0.6) is 0 Å². The molecular weight excluding hydrogens is 272 g/mol. The largest absolute Gasteiger partial charge is 0.437 e. The highest BCUT2D eigenvalue weighted by Crippen LogP contribution is 2.22. The average molecular weight is 284 g/mol. The van der Waals surface area contributed by atoms with Crippen molar-refractivity contribution in [1.82, 2.24) is 10.3 Å². The van der Waals surface area contributed by atoms with Crippen molar-refractivity contribution in [2.45, 2.75) is 5.37 Å². The third-order valence-electron chi connectivity index (χ3n) is 2.85. The van der Waals surface area contributed by atoms with Crippen molar-refractivity contribution < 1.29 is 9.21 Å². The summed E-state index contributed by atoms with van der Waals surface area (Å²) < 4.78 is 5.56. The number of oxazole rings is 1. The Morgan fingerprint density at radius 1 is 1.10 bits per heavy atom. The van der Waals surface area contributed by atoms with Gasteiger partial charge < -0.3 is 9.73 Å². The van der Waals surface area contributed by atoms with Gasteiger partial charge in [0.15, 0.2) is 5.58 Å². The third kappa shape index (κ3) is 2.53. The number of thiol groups is 1. The molecule has 0 bridgehead atoms. The number of carbonyl (C=O) groups excluding carboxylic acids is 1. The SMILES string of the molecule is O=C(NC(S)c1nc2ccccc2o1)c1ccccc1. The number of carbonyl (C=O) groups is 1. The van der Waals surface area contributed by atoms with Crippen LogP contribution >= 0.6 is 12.6 Å². The van der Waals surface area contributed by atoms with Gasteiger partial charge >= 0.3 is 0 Å². The van der Waals surface area contributed by atoms with Crippen LogP contribution in [0.4, 0.5) is 0 Å². The summed E-state index contributed by atoms with van der Waals surface area (Å²) >= 11 is 4.33. The third-order valence-corrected chi connectivity index (χ3v) is 3.20. The molecule has 1 unspecified atom stereocenters. The van der Waals surface area contributed by atoms with E-state index in [1.54, 1.807) is 12.1 Å². The second-order valence-corrected chi connectivity index (χ2v) is 4.78. The van der Waals surface area contributed by atoms with Gasteiger partial charge in [-0.05, 0) is 24.3 Å². The molecule has 1 N–H and O–H groups in total. The zero-order valence-corrected chi connectivity index (χ0v) is 11.4. The fourth-order valence-electron chi connectivity index (χ4n) is 1.87. The molecule has 0 aliphatic heterocycles. The van der Waals surface area contributed by atoms with Gasteiger partial charge in [0.25, 0.3) is 5.91 Å². The first-order valence-electron chi connectivity index (χ1n) is 6.13. The Balaban J connectivity index is 1.79. The molecule has 0 radical (unpaired) electrons. The van der Waals surface area contributed by atoms with Crippen LogP contribution in [0.1, 0.15) is 21.6 Å². The maximum absolute atomic E-state index is 12.0. The molecule has 1 aromatic heterocycles. The number of nitrogens with one attached hydrogen (secondary N) is 1. The Morgan fingerprint density at radius 2 is 1.80 bits per heavy atom. The summed E-state index contributed by atoms with van der Waals surface area (Å²) in [5, 5.41) is 2.15. The zero-order chi connectivity index (χ0) is 13.9. The smallest absolute Gasteiger partial charge is 0.252 e. The Morgan fingerprint density at radius 3 is 2.55 bits per heavy atom. The second-order valence-electron chi connectivity index (χ2n) is 4.26. The Labute approximate surface area is 121 Å². The highest BCUT2D eigenvalue weighted by Gasteiger charge is 2.17. The molecule has 1 heterocycles. The normalized spacial score (nSPS) is 12.2. The van der Waals surface area contributed by atoms with E-state index in [1.165, 1.54) is 0 Å². The summed E-state index contributed by atoms with van der Waals surface area (Å²) in [5.41, 5.74) is 1.99. The van der Waals surface area contributed by atoms with E-state index >= 15 is 0 Å². The first-order valence-corrected chi connectivity index (χ1v) is 6.65. The number of nitrogens with zero attached hydrogens (tertiary/aromatic N) is 1. The number of amides is 1. The van der Waals surface area contributed by atoms with E-state index in [1.807, 2.05) is 42.5 Å². The highest BCUT2D eigenvalue weighted by molar-refractivity contribution is 7.80. The van der Waals surface area contributed by atoms with Crippen LogP contribution in [0.2, 0.25) is 0 Å². The van der Waals surface area contributed by atoms with Gasteiger partial charge in [0.05, 0.1) is 0 Å². The summed E-state index contributed by atoms with van der Waals surface area (Å²) in [5.74, 6) is 0.159. The molecule has 20 heavy (non-hydrogen) atoms. The maximum atomic E-state index is 12.0. The van der Waals surface area contributed by atoms with Crippen LogP contribution in [0, 0.1) is 0 Å². The fraction of sp³-hybridized carbons (Fsp3) is 0.0667. The molecule has 1 atom stereocenters. The number of hydrogen-bond donors (Lipinski definition) is 2. The van der Waals surface area contributed by atoms with Gasteiger partial charge in [-0.2, -0.15) is 0 Å². The Kier molecular flexibility index (Phi) is 3.43. The van der Waals surface area contributed by atoms with Gasteiger partial charge in [0, 0.05) is 5.56 Å². The minimum absolute atomic E-state index is 0.215. The summed E-state index contributed by atoms with van der Waals surface area (Å²) in [6.45, 7) is 0. The molecule has 5 heteroatoms. The molecule has 1 amide bonds. The van der Waals surface area contributed by atoms with Crippen LogP contribution in [0.15, 0.2) is 59.0 Å². The summed E-state index contributed by atoms with van der Waals surface area (Å²) in [7, 11) is 0. The number of para-hydroxylation sites is 2. The van der Waals surface area contributed by atoms with Crippen LogP contribution in [-0.4, -0.2) is 10.9 Å². The molecule has 0 aliphatic carbocycles. The number of hydrogen-bond acceptors (Lipinski definition) is 4. The summed E-state index contributed by atoms with van der Waals surface area (Å²) in [4.78, 5) is 16.3. The van der Waals surface area contributed by atoms with Crippen molar-refractivity contribution >= 4 is 29.6 Å². The monoisotopic (exact) mass is 284 g/mol. The predicted molar refractivity (Wildman–Crippen MR) is 79.6 cm³/mol. The number of rotatable bonds is 3. The lowest BCUT2D eigenvalue weighted by Crippen LogP contribution is -2.25. The molecule has 0 fully saturated rings. The standard InChI is InChI=1S/C15H12N2O2S/c18-13(10-6-2-1-3-7-10)17-15(20)14-16-11-8-4-5-9-12(11)19-14/h1-9,15,20H,(H,17,18). The minimum atomic E-state index is -0.588. The number of benzene rings is 2. The zero-order valence-electron chi connectivity index (χ0n) is 10.5. The van der Waals surface area contributed by atoms with Crippen molar-refractivity contribution in [3.05, 3.63) is 66.1 Å². The molecule has 3 aromatic rings. The summed E-state index contributed by atoms with van der Waals surface area (Å²) in [6, 6.07) is 16.4. The van der Waals surface area contributed by atoms with Gasteiger partial charge in [-0.1, -0.05) is 30.3 Å². The molecule has 3 rings (SSSR count). The van der Waals surface area contributed by atoms with E-state index in [2.05, 4.69) is 22.9 Å². The fourth-order valence-corrected chi connectivity index (χ4v) is 2.09. The van der Waals surface area contributed by atoms with Crippen LogP contribution in [0.25, 0.3) is 11.1 Å². The van der Waals surface area contributed by atoms with Crippen LogP contribution in [0.3, 0.4) is 0 Å². The Bertz CT molecular complexity index is 707. The van der Waals surface area contributed by atoms with Gasteiger partial charge in [0.2, 0.25) is 5.89 Å². The average Bonchev–Trinajstić information content (AvgIpc) is 2.92. The maximum Gasteiger partial charge on any atom is 0.252 e. The molecule has 0 aliphatic rings. The molecule has 0 saturated carbocycles. The molecule has 100 valence electrons. The van der Waals surface area contributed by atoms with E-state index in [4.69, 9.17) is 4.42 Å². The topological polar surface area (TPSA) is 55.1 Å². The van der Waals surface area contributed by atoms with Gasteiger partial charge in [-0.3, -0.25) is 4.79 Å². The lowest BCUT2D eigenvalue weighted by Gasteiger charge is -2.09. The Hall–Kier alpha value is -2.27. The van der Waals surface area contributed by atoms with Crippen molar-refractivity contribution in [1.29, 1.82) is 0 Å². The van der Waals surface area contributed by atoms with Crippen molar-refractivity contribution in [3.63, 3.8) is 0 Å². The molecule has 0 spiro atoms. The van der Waals surface area contributed by atoms with Gasteiger partial charge in [-0.25, -0.2) is 4.98 Å². The predicted octanol–water partition coefficient (Wildman–Crippen LogP) is 3.19. The van der Waals surface area contributed by atoms with Crippen LogP contribution < -0.4 is 5.32 Å². The lowest BCUT2D eigenvalue weighted by molar-refractivity contribution is 0.0946.